The number of hydrogen-bond donors (Lipinski definition) is 2. The second kappa shape index (κ2) is 4.15. The van der Waals surface area contributed by atoms with E-state index in [4.69, 9.17) is 10.3 Å². The smallest absolute Gasteiger partial charge is 0.270 e. The van der Waals surface area contributed by atoms with Crippen LogP contribution in [0.15, 0.2) is 21.1 Å². The minimum atomic E-state index is -3.69. The molecule has 0 aromatic carbocycles. The molecule has 0 saturated carbocycles. The number of nitrogens with two attached hydrogens (primary N) is 1. The van der Waals surface area contributed by atoms with Crippen LogP contribution in [0.1, 0.15) is 5.76 Å². The molecule has 3 N–H and O–H groups in total. The van der Waals surface area contributed by atoms with Gasteiger partial charge in [-0.1, -0.05) is 16.5 Å². The predicted molar refractivity (Wildman–Crippen MR) is 54.8 cm³/mol. The number of sulfonamides is 1. The van der Waals surface area contributed by atoms with Crippen LogP contribution >= 0.6 is 11.3 Å². The van der Waals surface area contributed by atoms with Crippen molar-refractivity contribution >= 4 is 26.5 Å². The van der Waals surface area contributed by atoms with E-state index in [2.05, 4.69) is 20.1 Å². The monoisotopic (exact) mass is 261 g/mol. The lowest BCUT2D eigenvalue weighted by Crippen LogP contribution is -2.22. The molecule has 2 aromatic heterocycles. The third-order valence-electron chi connectivity index (χ3n) is 1.58. The lowest BCUT2D eigenvalue weighted by atomic mass is 10.5. The van der Waals surface area contributed by atoms with E-state index >= 15 is 0 Å². The highest BCUT2D eigenvalue weighted by Gasteiger charge is 2.19. The first kappa shape index (κ1) is 11.0. The zero-order valence-corrected chi connectivity index (χ0v) is 9.46. The number of nitrogens with one attached hydrogen (secondary N) is 1. The maximum absolute atomic E-state index is 11.6. The highest BCUT2D eigenvalue weighted by Crippen LogP contribution is 2.16. The number of rotatable bonds is 4. The van der Waals surface area contributed by atoms with Crippen molar-refractivity contribution in [3.05, 3.63) is 18.0 Å². The summed E-state index contributed by atoms with van der Waals surface area (Å²) in [4.78, 5) is 0. The molecule has 2 rings (SSSR count). The Morgan fingerprint density at radius 2 is 2.31 bits per heavy atom. The Morgan fingerprint density at radius 1 is 1.50 bits per heavy atom. The summed E-state index contributed by atoms with van der Waals surface area (Å²) in [6.07, 6.45) is 1.42. The van der Waals surface area contributed by atoms with Crippen molar-refractivity contribution in [1.82, 2.24) is 20.1 Å². The average molecular weight is 261 g/mol. The summed E-state index contributed by atoms with van der Waals surface area (Å²) in [5.74, 6) is 0.404. The Morgan fingerprint density at radius 3 is 2.88 bits per heavy atom. The predicted octanol–water partition coefficient (Wildman–Crippen LogP) is -0.413. The molecule has 0 unspecified atom stereocenters. The lowest BCUT2D eigenvalue weighted by Gasteiger charge is -1.99. The van der Waals surface area contributed by atoms with Crippen LogP contribution in [-0.4, -0.2) is 23.8 Å². The van der Waals surface area contributed by atoms with Gasteiger partial charge in [-0.05, 0) is 0 Å². The molecule has 0 radical (unpaired) electrons. The Bertz CT molecular complexity index is 561. The minimum Gasteiger partial charge on any atom is -0.374 e. The van der Waals surface area contributed by atoms with Crippen molar-refractivity contribution in [2.45, 2.75) is 10.9 Å². The highest BCUT2D eigenvalue weighted by atomic mass is 32.2. The summed E-state index contributed by atoms with van der Waals surface area (Å²) in [6, 6.07) is 1.55. The van der Waals surface area contributed by atoms with Gasteiger partial charge in [0.25, 0.3) is 10.0 Å². The van der Waals surface area contributed by atoms with Gasteiger partial charge in [0.1, 0.15) is 0 Å². The van der Waals surface area contributed by atoms with Crippen molar-refractivity contribution in [1.29, 1.82) is 0 Å². The molecule has 2 heterocycles. The summed E-state index contributed by atoms with van der Waals surface area (Å²) >= 11 is 0.791. The first-order valence-electron chi connectivity index (χ1n) is 4.06. The van der Waals surface area contributed by atoms with Gasteiger partial charge >= 0.3 is 0 Å². The molecule has 86 valence electrons. The van der Waals surface area contributed by atoms with Crippen LogP contribution < -0.4 is 10.5 Å². The first-order valence-corrected chi connectivity index (χ1v) is 6.36. The summed E-state index contributed by atoms with van der Waals surface area (Å²) < 4.78 is 30.1. The SMILES string of the molecule is Nc1nnc(S(=O)(=O)NCc2ccno2)s1. The molecule has 0 spiro atoms. The fourth-order valence-corrected chi connectivity index (χ4v) is 2.71. The third kappa shape index (κ3) is 2.35. The zero-order chi connectivity index (χ0) is 11.6. The Kier molecular flexibility index (Phi) is 2.85. The van der Waals surface area contributed by atoms with Crippen LogP contribution in [0.25, 0.3) is 0 Å². The number of nitrogens with zero attached hydrogens (tertiary/aromatic N) is 3. The van der Waals surface area contributed by atoms with E-state index in [1.54, 1.807) is 6.07 Å². The molecule has 10 heteroatoms. The van der Waals surface area contributed by atoms with Crippen LogP contribution in [0.3, 0.4) is 0 Å². The third-order valence-corrected chi connectivity index (χ3v) is 4.10. The van der Waals surface area contributed by atoms with Crippen LogP contribution in [0.4, 0.5) is 5.13 Å². The fourth-order valence-electron chi connectivity index (χ4n) is 0.890. The topological polar surface area (TPSA) is 124 Å². The van der Waals surface area contributed by atoms with Crippen molar-refractivity contribution in [2.75, 3.05) is 5.73 Å². The van der Waals surface area contributed by atoms with E-state index in [0.717, 1.165) is 11.3 Å². The molecule has 0 saturated heterocycles. The van der Waals surface area contributed by atoms with Crippen molar-refractivity contribution in [3.8, 4) is 0 Å². The molecule has 0 fully saturated rings. The molecule has 0 amide bonds. The number of aromatic nitrogens is 3. The number of hydrogen-bond acceptors (Lipinski definition) is 8. The van der Waals surface area contributed by atoms with E-state index in [9.17, 15) is 8.42 Å². The van der Waals surface area contributed by atoms with Gasteiger partial charge in [0.2, 0.25) is 9.47 Å². The van der Waals surface area contributed by atoms with Gasteiger partial charge in [0.15, 0.2) is 5.76 Å². The molecule has 0 aliphatic carbocycles. The maximum Gasteiger partial charge on any atom is 0.270 e. The van der Waals surface area contributed by atoms with Gasteiger partial charge in [-0.2, -0.15) is 0 Å². The summed E-state index contributed by atoms with van der Waals surface area (Å²) in [7, 11) is -3.69. The van der Waals surface area contributed by atoms with Gasteiger partial charge in [-0.15, -0.1) is 10.2 Å². The maximum atomic E-state index is 11.6. The summed E-state index contributed by atoms with van der Waals surface area (Å²) in [5, 5.41) is 10.4. The van der Waals surface area contributed by atoms with E-state index in [1.165, 1.54) is 6.20 Å². The molecule has 16 heavy (non-hydrogen) atoms. The number of anilines is 1. The molecule has 8 nitrogen and oxygen atoms in total. The van der Waals surface area contributed by atoms with Crippen LogP contribution in [0.2, 0.25) is 0 Å². The highest BCUT2D eigenvalue weighted by molar-refractivity contribution is 7.91. The minimum absolute atomic E-state index is 0.00180. The van der Waals surface area contributed by atoms with E-state index in [1.807, 2.05) is 0 Å². The van der Waals surface area contributed by atoms with Gasteiger partial charge < -0.3 is 10.3 Å². The van der Waals surface area contributed by atoms with Gasteiger partial charge in [-0.25, -0.2) is 13.1 Å². The van der Waals surface area contributed by atoms with Crippen molar-refractivity contribution in [2.24, 2.45) is 0 Å². The molecule has 2 aromatic rings. The molecule has 0 aliphatic heterocycles. The quantitative estimate of drug-likeness (QED) is 0.766. The fraction of sp³-hybridized carbons (Fsp3) is 0.167. The second-order valence-electron chi connectivity index (χ2n) is 2.71. The molecule has 0 atom stereocenters. The van der Waals surface area contributed by atoms with E-state index in [-0.39, 0.29) is 16.0 Å². The first-order chi connectivity index (χ1) is 7.58. The average Bonchev–Trinajstić information content (AvgIpc) is 2.85. The Labute approximate surface area is 94.5 Å². The zero-order valence-electron chi connectivity index (χ0n) is 7.82. The van der Waals surface area contributed by atoms with E-state index < -0.39 is 10.0 Å². The Balaban J connectivity index is 2.09. The second-order valence-corrected chi connectivity index (χ2v) is 5.66. The van der Waals surface area contributed by atoms with Crippen LogP contribution in [0, 0.1) is 0 Å². The molecular weight excluding hydrogens is 254 g/mol. The summed E-state index contributed by atoms with van der Waals surface area (Å²) in [5.41, 5.74) is 5.29. The van der Waals surface area contributed by atoms with Gasteiger partial charge in [-0.3, -0.25) is 0 Å². The summed E-state index contributed by atoms with van der Waals surface area (Å²) in [6.45, 7) is 0.00180. The van der Waals surface area contributed by atoms with Gasteiger partial charge in [0, 0.05) is 6.07 Å². The Hall–Kier alpha value is -1.52. The van der Waals surface area contributed by atoms with Crippen LogP contribution in [0.5, 0.6) is 0 Å². The standard InChI is InChI=1S/C6H7N5O3S2/c7-5-10-11-6(15-5)16(12,13)9-3-4-1-2-8-14-4/h1-2,9H,3H2,(H2,7,10). The molecule has 0 bridgehead atoms. The molecule has 0 aliphatic rings. The number of nitrogen functional groups attached to an aromatic ring is 1. The van der Waals surface area contributed by atoms with Crippen LogP contribution in [-0.2, 0) is 16.6 Å². The van der Waals surface area contributed by atoms with Crippen molar-refractivity contribution < 1.29 is 12.9 Å². The van der Waals surface area contributed by atoms with Gasteiger partial charge in [0.05, 0.1) is 12.7 Å². The molecular formula is C6H7N5O3S2. The normalized spacial score (nSPS) is 11.8. The van der Waals surface area contributed by atoms with E-state index in [0.29, 0.717) is 5.76 Å². The lowest BCUT2D eigenvalue weighted by molar-refractivity contribution is 0.380. The van der Waals surface area contributed by atoms with Crippen molar-refractivity contribution in [3.63, 3.8) is 0 Å². The largest absolute Gasteiger partial charge is 0.374 e.